The van der Waals surface area contributed by atoms with Crippen LogP contribution in [-0.4, -0.2) is 70.8 Å². The Hall–Kier alpha value is -1.97. The van der Waals surface area contributed by atoms with E-state index in [0.29, 0.717) is 25.7 Å². The molecule has 5 rings (SSSR count). The number of nitrogens with zero attached hydrogens (tertiary/aromatic N) is 4. The Balaban J connectivity index is 1.25. The standard InChI is InChI=1S/C23H33N5O3S/c29-22-20-18-7-10-27(23(30)25-17-5-2-1-3-6-17)15-19(18)32-21(20)24-16-28(22)9-4-8-26-11-13-31-14-12-26/h16-17H,1-15H2,(H,25,30). The van der Waals surface area contributed by atoms with Crippen LogP contribution in [0.15, 0.2) is 11.1 Å². The highest BCUT2D eigenvalue weighted by atomic mass is 32.1. The Morgan fingerprint density at radius 1 is 1.16 bits per heavy atom. The third-order valence-corrected chi connectivity index (χ3v) is 8.15. The van der Waals surface area contributed by atoms with Gasteiger partial charge in [-0.1, -0.05) is 19.3 Å². The van der Waals surface area contributed by atoms with Crippen molar-refractivity contribution in [2.45, 2.75) is 64.1 Å². The van der Waals surface area contributed by atoms with Crippen LogP contribution in [0.3, 0.4) is 0 Å². The molecule has 4 heterocycles. The largest absolute Gasteiger partial charge is 0.379 e. The molecule has 0 atom stereocenters. The molecule has 2 amide bonds. The molecule has 0 unspecified atom stereocenters. The van der Waals surface area contributed by atoms with Gasteiger partial charge in [0.15, 0.2) is 0 Å². The second kappa shape index (κ2) is 9.89. The lowest BCUT2D eigenvalue weighted by Gasteiger charge is -2.30. The number of morpholine rings is 1. The van der Waals surface area contributed by atoms with Gasteiger partial charge in [0.25, 0.3) is 5.56 Å². The van der Waals surface area contributed by atoms with Crippen LogP contribution < -0.4 is 10.9 Å². The van der Waals surface area contributed by atoms with Crippen LogP contribution >= 0.6 is 11.3 Å². The first-order valence-corrected chi connectivity index (χ1v) is 12.9. The van der Waals surface area contributed by atoms with Crippen molar-refractivity contribution < 1.29 is 9.53 Å². The molecule has 174 valence electrons. The minimum Gasteiger partial charge on any atom is -0.379 e. The van der Waals surface area contributed by atoms with Crippen LogP contribution in [0.2, 0.25) is 0 Å². The van der Waals surface area contributed by atoms with E-state index >= 15 is 0 Å². The van der Waals surface area contributed by atoms with Crippen molar-refractivity contribution in [1.82, 2.24) is 24.7 Å². The average Bonchev–Trinajstić information content (AvgIpc) is 3.20. The fraction of sp³-hybridized carbons (Fsp3) is 0.696. The van der Waals surface area contributed by atoms with Gasteiger partial charge in [0.1, 0.15) is 4.83 Å². The number of carbonyl (C=O) groups is 1. The Labute approximate surface area is 192 Å². The van der Waals surface area contributed by atoms with E-state index in [2.05, 4.69) is 15.2 Å². The number of aryl methyl sites for hydroxylation is 1. The number of amides is 2. The molecule has 1 saturated heterocycles. The molecular weight excluding hydrogens is 426 g/mol. The van der Waals surface area contributed by atoms with Crippen molar-refractivity contribution >= 4 is 27.6 Å². The predicted octanol–water partition coefficient (Wildman–Crippen LogP) is 2.58. The summed E-state index contributed by atoms with van der Waals surface area (Å²) < 4.78 is 7.16. The second-order valence-electron chi connectivity index (χ2n) is 9.19. The Morgan fingerprint density at radius 3 is 2.78 bits per heavy atom. The van der Waals surface area contributed by atoms with Crippen LogP contribution in [0.25, 0.3) is 10.2 Å². The molecule has 2 aromatic rings. The molecule has 1 saturated carbocycles. The molecular formula is C23H33N5O3S. The first kappa shape index (κ1) is 21.9. The highest BCUT2D eigenvalue weighted by Gasteiger charge is 2.27. The molecule has 0 spiro atoms. The second-order valence-corrected chi connectivity index (χ2v) is 10.3. The van der Waals surface area contributed by atoms with E-state index in [4.69, 9.17) is 4.74 Å². The van der Waals surface area contributed by atoms with E-state index in [9.17, 15) is 9.59 Å². The number of carbonyl (C=O) groups excluding carboxylic acids is 1. The lowest BCUT2D eigenvalue weighted by molar-refractivity contribution is 0.0369. The van der Waals surface area contributed by atoms with Crippen molar-refractivity contribution in [2.24, 2.45) is 0 Å². The molecule has 3 aliphatic rings. The SMILES string of the molecule is O=C(NC1CCCCC1)N1CCc2c(sc3ncn(CCCN4CCOCC4)c(=O)c23)C1. The van der Waals surface area contributed by atoms with Gasteiger partial charge in [-0.2, -0.15) is 0 Å². The molecule has 8 nitrogen and oxygen atoms in total. The summed E-state index contributed by atoms with van der Waals surface area (Å²) in [4.78, 5) is 36.8. The number of thiophene rings is 1. The first-order chi connectivity index (χ1) is 15.7. The number of fused-ring (bicyclic) bond motifs is 3. The summed E-state index contributed by atoms with van der Waals surface area (Å²) in [6.45, 7) is 6.41. The Kier molecular flexibility index (Phi) is 6.75. The molecule has 1 N–H and O–H groups in total. The Bertz CT molecular complexity index is 1010. The van der Waals surface area contributed by atoms with E-state index in [-0.39, 0.29) is 11.6 Å². The van der Waals surface area contributed by atoms with Crippen LogP contribution in [0.4, 0.5) is 4.79 Å². The Morgan fingerprint density at radius 2 is 1.97 bits per heavy atom. The first-order valence-electron chi connectivity index (χ1n) is 12.0. The molecule has 9 heteroatoms. The van der Waals surface area contributed by atoms with E-state index in [0.717, 1.165) is 79.2 Å². The van der Waals surface area contributed by atoms with Crippen LogP contribution in [0, 0.1) is 0 Å². The van der Waals surface area contributed by atoms with Crippen LogP contribution in [-0.2, 0) is 24.2 Å². The van der Waals surface area contributed by atoms with Gasteiger partial charge in [-0.25, -0.2) is 9.78 Å². The van der Waals surface area contributed by atoms with Gasteiger partial charge in [-0.05, 0) is 31.2 Å². The van der Waals surface area contributed by atoms with E-state index < -0.39 is 0 Å². The number of hydrogen-bond donors (Lipinski definition) is 1. The number of hydrogen-bond acceptors (Lipinski definition) is 6. The maximum Gasteiger partial charge on any atom is 0.317 e. The monoisotopic (exact) mass is 459 g/mol. The number of nitrogens with one attached hydrogen (secondary N) is 1. The molecule has 2 aliphatic heterocycles. The quantitative estimate of drug-likeness (QED) is 0.744. The van der Waals surface area contributed by atoms with Crippen molar-refractivity contribution in [3.63, 3.8) is 0 Å². The van der Waals surface area contributed by atoms with Crippen molar-refractivity contribution in [1.29, 1.82) is 0 Å². The summed E-state index contributed by atoms with van der Waals surface area (Å²) in [5, 5.41) is 3.99. The third kappa shape index (κ3) is 4.70. The minimum absolute atomic E-state index is 0.0356. The predicted molar refractivity (Wildman–Crippen MR) is 125 cm³/mol. The lowest BCUT2D eigenvalue weighted by atomic mass is 9.96. The van der Waals surface area contributed by atoms with Gasteiger partial charge < -0.3 is 15.0 Å². The van der Waals surface area contributed by atoms with Crippen LogP contribution in [0.5, 0.6) is 0 Å². The van der Waals surface area contributed by atoms with Gasteiger partial charge in [-0.15, -0.1) is 11.3 Å². The molecule has 0 bridgehead atoms. The summed E-state index contributed by atoms with van der Waals surface area (Å²) in [7, 11) is 0. The van der Waals surface area contributed by atoms with Gasteiger partial charge in [0.05, 0.1) is 31.5 Å². The number of ether oxygens (including phenoxy) is 1. The van der Waals surface area contributed by atoms with Gasteiger partial charge in [-0.3, -0.25) is 14.3 Å². The molecule has 2 fully saturated rings. The van der Waals surface area contributed by atoms with Crippen molar-refractivity contribution in [2.75, 3.05) is 39.4 Å². The average molecular weight is 460 g/mol. The maximum atomic E-state index is 13.2. The lowest BCUT2D eigenvalue weighted by Crippen LogP contribution is -2.47. The van der Waals surface area contributed by atoms with Gasteiger partial charge in [0, 0.05) is 43.6 Å². The van der Waals surface area contributed by atoms with Crippen molar-refractivity contribution in [3.05, 3.63) is 27.1 Å². The zero-order valence-electron chi connectivity index (χ0n) is 18.7. The van der Waals surface area contributed by atoms with Crippen LogP contribution in [0.1, 0.15) is 49.0 Å². The van der Waals surface area contributed by atoms with E-state index in [1.807, 2.05) is 4.90 Å². The molecule has 1 aliphatic carbocycles. The fourth-order valence-corrected chi connectivity index (χ4v) is 6.35. The molecule has 2 aromatic heterocycles. The summed E-state index contributed by atoms with van der Waals surface area (Å²) in [6, 6.07) is 0.347. The van der Waals surface area contributed by atoms with Gasteiger partial charge in [0.2, 0.25) is 0 Å². The van der Waals surface area contributed by atoms with Gasteiger partial charge >= 0.3 is 6.03 Å². The highest BCUT2D eigenvalue weighted by Crippen LogP contribution is 2.32. The highest BCUT2D eigenvalue weighted by molar-refractivity contribution is 7.18. The normalized spacial score (nSPS) is 20.4. The summed E-state index contributed by atoms with van der Waals surface area (Å²) in [5.74, 6) is 0. The zero-order valence-corrected chi connectivity index (χ0v) is 19.5. The minimum atomic E-state index is 0.0356. The molecule has 32 heavy (non-hydrogen) atoms. The maximum absolute atomic E-state index is 13.2. The number of aromatic nitrogens is 2. The number of rotatable bonds is 5. The summed E-state index contributed by atoms with van der Waals surface area (Å²) >= 11 is 1.57. The third-order valence-electron chi connectivity index (χ3n) is 7.02. The van der Waals surface area contributed by atoms with E-state index in [1.54, 1.807) is 22.2 Å². The smallest absolute Gasteiger partial charge is 0.317 e. The fourth-order valence-electron chi connectivity index (χ4n) is 5.15. The van der Waals surface area contributed by atoms with Crippen molar-refractivity contribution in [3.8, 4) is 0 Å². The summed E-state index contributed by atoms with van der Waals surface area (Å²) in [5.41, 5.74) is 1.17. The zero-order chi connectivity index (χ0) is 21.9. The van der Waals surface area contributed by atoms with E-state index in [1.165, 1.54) is 19.3 Å². The molecule has 0 radical (unpaired) electrons. The molecule has 0 aromatic carbocycles. The summed E-state index contributed by atoms with van der Waals surface area (Å²) in [6.07, 6.45) is 9.20. The number of urea groups is 1. The topological polar surface area (TPSA) is 79.7 Å².